The molecule has 2 atom stereocenters. The van der Waals surface area contributed by atoms with Crippen molar-refractivity contribution in [2.24, 2.45) is 0 Å². The monoisotopic (exact) mass is 678 g/mol. The Morgan fingerprint density at radius 3 is 1.34 bits per heavy atom. The van der Waals surface area contributed by atoms with Crippen LogP contribution in [0.1, 0.15) is 119 Å². The molecular formula is C37H46Cl2SiZr. The molecule has 2 unspecified atom stereocenters. The van der Waals surface area contributed by atoms with Gasteiger partial charge in [0.25, 0.3) is 0 Å². The Hall–Kier alpha value is -1.18. The summed E-state index contributed by atoms with van der Waals surface area (Å²) in [7, 11) is 0. The van der Waals surface area contributed by atoms with Crippen LogP contribution in [0.25, 0.3) is 11.1 Å². The molecule has 0 radical (unpaired) electrons. The van der Waals surface area contributed by atoms with Gasteiger partial charge < -0.3 is 24.8 Å². The quantitative estimate of drug-likeness (QED) is 0.357. The number of hydrogen-bond acceptors (Lipinski definition) is 0. The van der Waals surface area contributed by atoms with Crippen molar-refractivity contribution < 1.29 is 45.2 Å². The number of rotatable bonds is 5. The average molecular weight is 681 g/mol. The Morgan fingerprint density at radius 1 is 0.585 bits per heavy atom. The van der Waals surface area contributed by atoms with Gasteiger partial charge in [-0.05, 0) is 0 Å². The fourth-order valence-electron chi connectivity index (χ4n) is 7.52. The van der Waals surface area contributed by atoms with Crippen molar-refractivity contribution in [3.63, 3.8) is 0 Å². The summed E-state index contributed by atoms with van der Waals surface area (Å²) in [6.45, 7) is 26.9. The second-order valence-corrected chi connectivity index (χ2v) is 28.6. The van der Waals surface area contributed by atoms with E-state index in [-0.39, 0.29) is 24.8 Å². The summed E-state index contributed by atoms with van der Waals surface area (Å²) in [6, 6.07) is 21.4. The Bertz CT molecular complexity index is 1480. The number of fused-ring (bicyclic) bond motifs is 2. The fourth-order valence-corrected chi connectivity index (χ4v) is 31.3. The minimum absolute atomic E-state index is 0. The Kier molecular flexibility index (Phi) is 11.1. The van der Waals surface area contributed by atoms with E-state index in [1.54, 1.807) is 60.9 Å². The van der Waals surface area contributed by atoms with Gasteiger partial charge in [-0.25, -0.2) is 0 Å². The second kappa shape index (κ2) is 13.2. The van der Waals surface area contributed by atoms with Gasteiger partial charge in [0, 0.05) is 0 Å². The van der Waals surface area contributed by atoms with Crippen molar-refractivity contribution in [2.45, 2.75) is 94.9 Å². The van der Waals surface area contributed by atoms with Crippen LogP contribution in [0, 0.1) is 13.8 Å². The summed E-state index contributed by atoms with van der Waals surface area (Å²) in [5.41, 5.74) is 18.6. The van der Waals surface area contributed by atoms with Gasteiger partial charge in [-0.15, -0.1) is 0 Å². The molecule has 2 aliphatic carbocycles. The van der Waals surface area contributed by atoms with Crippen LogP contribution in [0.15, 0.2) is 65.7 Å². The molecule has 0 fully saturated rings. The molecule has 5 rings (SSSR count). The summed E-state index contributed by atoms with van der Waals surface area (Å²) in [5.74, 6) is 1.08. The van der Waals surface area contributed by atoms with E-state index >= 15 is 0 Å². The van der Waals surface area contributed by atoms with Crippen molar-refractivity contribution in [1.82, 2.24) is 0 Å². The molecule has 0 bridgehead atoms. The molecule has 0 saturated heterocycles. The third kappa shape index (κ3) is 5.61. The van der Waals surface area contributed by atoms with Crippen LogP contribution >= 0.6 is 0 Å². The number of hydrogen-bond donors (Lipinski definition) is 0. The van der Waals surface area contributed by atoms with Gasteiger partial charge in [0.1, 0.15) is 0 Å². The number of halogens is 2. The van der Waals surface area contributed by atoms with E-state index < -0.39 is 25.8 Å². The van der Waals surface area contributed by atoms with E-state index in [4.69, 9.17) is 0 Å². The van der Waals surface area contributed by atoms with Crippen LogP contribution in [0.4, 0.5) is 0 Å². The van der Waals surface area contributed by atoms with Gasteiger partial charge in [-0.3, -0.25) is 0 Å². The number of aryl methyl sites for hydroxylation is 2. The van der Waals surface area contributed by atoms with E-state index in [2.05, 4.69) is 130 Å². The summed E-state index contributed by atoms with van der Waals surface area (Å²) >= 11 is -2.35. The molecule has 2 aliphatic rings. The van der Waals surface area contributed by atoms with Gasteiger partial charge >= 0.3 is 247 Å². The summed E-state index contributed by atoms with van der Waals surface area (Å²) < 4.78 is 1.28. The first-order chi connectivity index (χ1) is 18.5. The van der Waals surface area contributed by atoms with Crippen molar-refractivity contribution in [3.05, 3.63) is 110 Å². The SMILES string of the molecule is CC1=C(C)[CH]([Zr+2]([CH]2C(C)=C(C)c3c(C(C)C)ccc(C)c32)=[Si](C)c2ccccc2)c2c(C)ccc(C(C)C)c21.[Cl-].[Cl-]. The van der Waals surface area contributed by atoms with Gasteiger partial charge in [-0.1, -0.05) is 0 Å². The zero-order valence-corrected chi connectivity index (χ0v) is 31.7. The first-order valence-corrected chi connectivity index (χ1v) is 23.4. The maximum absolute atomic E-state index is 2.69. The molecule has 3 aromatic rings. The maximum Gasteiger partial charge on any atom is -1.00 e. The van der Waals surface area contributed by atoms with E-state index in [9.17, 15) is 0 Å². The zero-order chi connectivity index (χ0) is 28.3. The molecule has 0 amide bonds. The Morgan fingerprint density at radius 2 is 0.976 bits per heavy atom. The van der Waals surface area contributed by atoms with Crippen molar-refractivity contribution in [2.75, 3.05) is 0 Å². The molecular weight excluding hydrogens is 635 g/mol. The molecule has 0 aliphatic heterocycles. The van der Waals surface area contributed by atoms with Crippen LogP contribution < -0.4 is 30.0 Å². The largest absolute Gasteiger partial charge is 1.00 e. The molecule has 0 nitrogen and oxygen atoms in total. The van der Waals surface area contributed by atoms with E-state index in [0.717, 1.165) is 0 Å². The minimum atomic E-state index is -2.35. The standard InChI is InChI=1S/2C15H19.C7H8Si.2ClH.Zr/c2*1-9(2)13-7-6-10(3)14-8-11(4)12(5)15(13)14;1-8-7-5-3-2-4-6-7;;;/h2*6-9H,1-5H3;2-6H,1H3;2*1H;/q;;;;;+2/p-2. The van der Waals surface area contributed by atoms with Gasteiger partial charge in [0.05, 0.1) is 0 Å². The summed E-state index contributed by atoms with van der Waals surface area (Å²) in [4.78, 5) is 0. The second-order valence-electron chi connectivity index (χ2n) is 12.8. The first-order valence-electron chi connectivity index (χ1n) is 14.9. The molecule has 4 heteroatoms. The molecule has 41 heavy (non-hydrogen) atoms. The molecule has 0 spiro atoms. The van der Waals surface area contributed by atoms with Crippen LogP contribution in [-0.2, 0) is 20.4 Å². The first kappa shape index (κ1) is 34.3. The van der Waals surface area contributed by atoms with E-state index in [1.165, 1.54) is 11.1 Å². The van der Waals surface area contributed by atoms with Crippen molar-refractivity contribution in [1.29, 1.82) is 0 Å². The minimum Gasteiger partial charge on any atom is -1.00 e. The molecule has 0 aromatic heterocycles. The van der Waals surface area contributed by atoms with Crippen LogP contribution in [0.3, 0.4) is 0 Å². The molecule has 0 N–H and O–H groups in total. The van der Waals surface area contributed by atoms with Crippen LogP contribution in [-0.4, -0.2) is 5.43 Å². The Labute approximate surface area is 270 Å². The molecule has 216 valence electrons. The molecule has 0 saturated carbocycles. The predicted octanol–water partition coefficient (Wildman–Crippen LogP) is 4.10. The topological polar surface area (TPSA) is 0 Å². The number of allylic oxidation sites excluding steroid dienone is 4. The van der Waals surface area contributed by atoms with Crippen molar-refractivity contribution in [3.8, 4) is 0 Å². The summed E-state index contributed by atoms with van der Waals surface area (Å²) in [5, 5.41) is 1.64. The number of benzene rings is 3. The third-order valence-corrected chi connectivity index (χ3v) is 30.5. The predicted molar refractivity (Wildman–Crippen MR) is 170 cm³/mol. The van der Waals surface area contributed by atoms with Gasteiger partial charge in [-0.2, -0.15) is 0 Å². The van der Waals surface area contributed by atoms with Crippen LogP contribution in [0.2, 0.25) is 6.55 Å². The normalized spacial score (nSPS) is 17.3. The van der Waals surface area contributed by atoms with Gasteiger partial charge in [0.2, 0.25) is 0 Å². The fraction of sp³-hybridized carbons (Fsp3) is 0.405. The smallest absolute Gasteiger partial charge is 1.00 e. The summed E-state index contributed by atoms with van der Waals surface area (Å²) in [6.07, 6.45) is 0. The average Bonchev–Trinajstić information content (AvgIpc) is 3.32. The Balaban J connectivity index is 0.00000231. The van der Waals surface area contributed by atoms with Gasteiger partial charge in [0.15, 0.2) is 0 Å². The molecule has 0 heterocycles. The zero-order valence-electron chi connectivity index (χ0n) is 26.8. The van der Waals surface area contributed by atoms with Crippen molar-refractivity contribution >= 4 is 21.8 Å². The third-order valence-electron chi connectivity index (χ3n) is 9.87. The van der Waals surface area contributed by atoms with Crippen LogP contribution in [0.5, 0.6) is 0 Å². The maximum atomic E-state index is 2.69. The van der Waals surface area contributed by atoms with E-state index in [0.29, 0.717) is 19.1 Å². The van der Waals surface area contributed by atoms with E-state index in [1.807, 2.05) is 0 Å². The molecule has 3 aromatic carbocycles.